The number of piperidine rings is 1. The van der Waals surface area contributed by atoms with Gasteiger partial charge in [-0.15, -0.1) is 6.58 Å². The first kappa shape index (κ1) is 18.4. The summed E-state index contributed by atoms with van der Waals surface area (Å²) in [6.45, 7) is 10.8. The van der Waals surface area contributed by atoms with Crippen molar-refractivity contribution in [3.63, 3.8) is 0 Å². The van der Waals surface area contributed by atoms with Crippen molar-refractivity contribution in [1.29, 1.82) is 0 Å². The number of allylic oxidation sites excluding steroid dienone is 1. The second kappa shape index (κ2) is 7.45. The summed E-state index contributed by atoms with van der Waals surface area (Å²) in [5.41, 5.74) is 1.12. The highest BCUT2D eigenvalue weighted by Gasteiger charge is 2.44. The van der Waals surface area contributed by atoms with E-state index in [1.54, 1.807) is 4.68 Å². The third-order valence-electron chi connectivity index (χ3n) is 5.13. The van der Waals surface area contributed by atoms with Crippen LogP contribution in [-0.2, 0) is 23.4 Å². The number of likely N-dealkylation sites (tertiary alicyclic amines) is 1. The monoisotopic (exact) mass is 357 g/mol. The van der Waals surface area contributed by atoms with E-state index in [4.69, 9.17) is 0 Å². The zero-order valence-electron chi connectivity index (χ0n) is 15.5. The average Bonchev–Trinajstić information content (AvgIpc) is 3.26. The lowest BCUT2D eigenvalue weighted by Gasteiger charge is -2.38. The number of carboxylic acids is 1. The number of carbonyl (C=O) groups is 1. The minimum absolute atomic E-state index is 0.286. The van der Waals surface area contributed by atoms with Gasteiger partial charge >= 0.3 is 5.97 Å². The van der Waals surface area contributed by atoms with Gasteiger partial charge < -0.3 is 5.11 Å². The molecule has 140 valence electrons. The molecule has 7 nitrogen and oxygen atoms in total. The quantitative estimate of drug-likeness (QED) is 0.771. The first-order valence-electron chi connectivity index (χ1n) is 9.08. The summed E-state index contributed by atoms with van der Waals surface area (Å²) in [7, 11) is 0. The molecular formula is C19H27N5O2. The van der Waals surface area contributed by atoms with Gasteiger partial charge in [0.25, 0.3) is 0 Å². The Bertz CT molecular complexity index is 768. The van der Waals surface area contributed by atoms with Crippen LogP contribution in [0.4, 0.5) is 0 Å². The summed E-state index contributed by atoms with van der Waals surface area (Å²) in [4.78, 5) is 14.4. The van der Waals surface area contributed by atoms with Crippen LogP contribution >= 0.6 is 0 Å². The number of rotatable bonds is 7. The normalized spacial score (nSPS) is 17.5. The molecule has 0 aliphatic carbocycles. The highest BCUT2D eigenvalue weighted by Crippen LogP contribution is 2.31. The van der Waals surface area contributed by atoms with E-state index in [9.17, 15) is 9.90 Å². The van der Waals surface area contributed by atoms with Gasteiger partial charge in [-0.2, -0.15) is 10.2 Å². The van der Waals surface area contributed by atoms with Crippen molar-refractivity contribution in [3.8, 4) is 0 Å². The van der Waals surface area contributed by atoms with Gasteiger partial charge in [0.1, 0.15) is 0 Å². The summed E-state index contributed by atoms with van der Waals surface area (Å²) in [5.74, 6) is -0.511. The van der Waals surface area contributed by atoms with Gasteiger partial charge in [0, 0.05) is 37.6 Å². The van der Waals surface area contributed by atoms with Crippen LogP contribution < -0.4 is 0 Å². The van der Waals surface area contributed by atoms with Crippen LogP contribution in [0.3, 0.4) is 0 Å². The third kappa shape index (κ3) is 3.58. The van der Waals surface area contributed by atoms with Gasteiger partial charge in [-0.3, -0.25) is 14.3 Å². The standard InChI is InChI=1S/C19H27N5O2/c1-4-8-23-14-16(12-20-23)13-22-10-6-19(7-11-22,18(25)26)24-9-5-17(21-24)15(2)3/h4-5,9,12,14-15H,1,6-8,10-11,13H2,2-3H3,(H,25,26). The molecule has 0 aromatic carbocycles. The fourth-order valence-electron chi connectivity index (χ4n) is 3.48. The van der Waals surface area contributed by atoms with Gasteiger partial charge in [-0.25, -0.2) is 4.79 Å². The maximum atomic E-state index is 12.1. The Morgan fingerprint density at radius 1 is 1.42 bits per heavy atom. The van der Waals surface area contributed by atoms with Crippen molar-refractivity contribution in [1.82, 2.24) is 24.5 Å². The number of aromatic nitrogens is 4. The van der Waals surface area contributed by atoms with Gasteiger partial charge in [-0.1, -0.05) is 19.9 Å². The molecule has 2 aromatic heterocycles. The molecule has 1 aliphatic rings. The summed E-state index contributed by atoms with van der Waals surface area (Å²) in [5, 5.41) is 18.8. The first-order chi connectivity index (χ1) is 12.4. The topological polar surface area (TPSA) is 76.2 Å². The predicted molar refractivity (Wildman–Crippen MR) is 98.9 cm³/mol. The molecule has 0 amide bonds. The van der Waals surface area contributed by atoms with Crippen LogP contribution in [0.25, 0.3) is 0 Å². The fourth-order valence-corrected chi connectivity index (χ4v) is 3.48. The number of nitrogens with zero attached hydrogens (tertiary/aromatic N) is 5. The van der Waals surface area contributed by atoms with E-state index >= 15 is 0 Å². The summed E-state index contributed by atoms with van der Waals surface area (Å²) in [6.07, 6.45) is 8.60. The molecule has 3 heterocycles. The van der Waals surface area contributed by atoms with Crippen molar-refractivity contribution < 1.29 is 9.90 Å². The molecule has 1 aliphatic heterocycles. The predicted octanol–water partition coefficient (Wildman–Crippen LogP) is 2.46. The number of hydrogen-bond acceptors (Lipinski definition) is 4. The Morgan fingerprint density at radius 2 is 2.15 bits per heavy atom. The van der Waals surface area contributed by atoms with Crippen molar-refractivity contribution in [2.45, 2.75) is 51.2 Å². The Labute approximate surface area is 153 Å². The second-order valence-electron chi connectivity index (χ2n) is 7.31. The SMILES string of the molecule is C=CCn1cc(CN2CCC(C(=O)O)(n3ccc(C(C)C)n3)CC2)cn1. The smallest absolute Gasteiger partial charge is 0.331 e. The van der Waals surface area contributed by atoms with E-state index in [1.165, 1.54) is 0 Å². The average molecular weight is 357 g/mol. The minimum atomic E-state index is -0.948. The molecule has 1 saturated heterocycles. The van der Waals surface area contributed by atoms with Crippen molar-refractivity contribution >= 4 is 5.97 Å². The van der Waals surface area contributed by atoms with Crippen molar-refractivity contribution in [2.24, 2.45) is 0 Å². The van der Waals surface area contributed by atoms with E-state index in [1.807, 2.05) is 35.4 Å². The van der Waals surface area contributed by atoms with Crippen LogP contribution in [-0.4, -0.2) is 48.6 Å². The molecule has 0 bridgehead atoms. The Morgan fingerprint density at radius 3 is 2.73 bits per heavy atom. The number of aliphatic carboxylic acids is 1. The highest BCUT2D eigenvalue weighted by molar-refractivity contribution is 5.76. The van der Waals surface area contributed by atoms with Crippen LogP contribution in [0.1, 0.15) is 43.9 Å². The van der Waals surface area contributed by atoms with Crippen molar-refractivity contribution in [3.05, 3.63) is 48.6 Å². The maximum absolute atomic E-state index is 12.1. The van der Waals surface area contributed by atoms with Gasteiger partial charge in [-0.05, 0) is 24.8 Å². The molecule has 0 saturated carbocycles. The fraction of sp³-hybridized carbons (Fsp3) is 0.526. The molecule has 3 rings (SSSR count). The minimum Gasteiger partial charge on any atom is -0.479 e. The lowest BCUT2D eigenvalue weighted by atomic mass is 9.87. The number of carboxylic acid groups (broad SMARTS) is 1. The number of hydrogen-bond donors (Lipinski definition) is 1. The largest absolute Gasteiger partial charge is 0.479 e. The van der Waals surface area contributed by atoms with Crippen molar-refractivity contribution in [2.75, 3.05) is 13.1 Å². The van der Waals surface area contributed by atoms with Crippen LogP contribution in [0.5, 0.6) is 0 Å². The van der Waals surface area contributed by atoms with E-state index < -0.39 is 11.5 Å². The molecule has 0 unspecified atom stereocenters. The zero-order valence-corrected chi connectivity index (χ0v) is 15.5. The molecule has 1 fully saturated rings. The molecule has 2 aromatic rings. The summed E-state index contributed by atoms with van der Waals surface area (Å²) < 4.78 is 3.52. The maximum Gasteiger partial charge on any atom is 0.331 e. The molecule has 0 atom stereocenters. The Kier molecular flexibility index (Phi) is 5.27. The van der Waals surface area contributed by atoms with E-state index in [2.05, 4.69) is 35.5 Å². The van der Waals surface area contributed by atoms with Gasteiger partial charge in [0.15, 0.2) is 5.54 Å². The molecular weight excluding hydrogens is 330 g/mol. The van der Waals surface area contributed by atoms with Crippen LogP contribution in [0.2, 0.25) is 0 Å². The van der Waals surface area contributed by atoms with E-state index in [0.29, 0.717) is 19.4 Å². The highest BCUT2D eigenvalue weighted by atomic mass is 16.4. The van der Waals surface area contributed by atoms with Gasteiger partial charge in [0.05, 0.1) is 18.4 Å². The lowest BCUT2D eigenvalue weighted by molar-refractivity contribution is -0.151. The Balaban J connectivity index is 1.68. The zero-order chi connectivity index (χ0) is 18.7. The van der Waals surface area contributed by atoms with Crippen LogP contribution in [0.15, 0.2) is 37.3 Å². The second-order valence-corrected chi connectivity index (χ2v) is 7.31. The first-order valence-corrected chi connectivity index (χ1v) is 9.08. The summed E-state index contributed by atoms with van der Waals surface area (Å²) in [6, 6.07) is 1.93. The summed E-state index contributed by atoms with van der Waals surface area (Å²) >= 11 is 0. The molecule has 7 heteroatoms. The van der Waals surface area contributed by atoms with Crippen LogP contribution in [0, 0.1) is 0 Å². The lowest BCUT2D eigenvalue weighted by Crippen LogP contribution is -2.51. The molecule has 26 heavy (non-hydrogen) atoms. The van der Waals surface area contributed by atoms with E-state index in [-0.39, 0.29) is 5.92 Å². The third-order valence-corrected chi connectivity index (χ3v) is 5.13. The molecule has 0 spiro atoms. The molecule has 1 N–H and O–H groups in total. The Hall–Kier alpha value is -2.41. The van der Waals surface area contributed by atoms with Gasteiger partial charge in [0.2, 0.25) is 0 Å². The molecule has 0 radical (unpaired) electrons. The van der Waals surface area contributed by atoms with E-state index in [0.717, 1.165) is 30.9 Å².